The third-order valence-electron chi connectivity index (χ3n) is 4.52. The van der Waals surface area contributed by atoms with Crippen LogP contribution in [-0.4, -0.2) is 53.9 Å². The smallest absolute Gasteiger partial charge is 0.318 e. The van der Waals surface area contributed by atoms with Gasteiger partial charge in [0, 0.05) is 38.5 Å². The molecule has 1 aliphatic rings. The maximum Gasteiger partial charge on any atom is 0.318 e. The predicted octanol–water partition coefficient (Wildman–Crippen LogP) is 1.94. The lowest BCUT2D eigenvalue weighted by Crippen LogP contribution is -2.56. The number of hydrogen-bond acceptors (Lipinski definition) is 6. The van der Waals surface area contributed by atoms with Crippen LogP contribution in [0.15, 0.2) is 28.8 Å². The van der Waals surface area contributed by atoms with Gasteiger partial charge in [0.2, 0.25) is 5.89 Å². The molecule has 0 unspecified atom stereocenters. The summed E-state index contributed by atoms with van der Waals surface area (Å²) >= 11 is 0. The van der Waals surface area contributed by atoms with Crippen molar-refractivity contribution < 1.29 is 14.1 Å². The molecule has 1 aliphatic heterocycles. The van der Waals surface area contributed by atoms with Crippen LogP contribution in [0, 0.1) is 6.92 Å². The van der Waals surface area contributed by atoms with Crippen molar-refractivity contribution in [1.29, 1.82) is 0 Å². The maximum atomic E-state index is 12.5. The Morgan fingerprint density at radius 3 is 2.92 bits per heavy atom. The van der Waals surface area contributed by atoms with Crippen molar-refractivity contribution in [1.82, 2.24) is 20.4 Å². The molecule has 1 aromatic carbocycles. The minimum Gasteiger partial charge on any atom is -0.377 e. The molecule has 140 valence electrons. The van der Waals surface area contributed by atoms with Crippen molar-refractivity contribution in [2.24, 2.45) is 0 Å². The van der Waals surface area contributed by atoms with Crippen LogP contribution in [0.25, 0.3) is 0 Å². The number of nitrogens with zero attached hydrogens (tertiary/aromatic N) is 4. The third kappa shape index (κ3) is 4.13. The van der Waals surface area contributed by atoms with Crippen LogP contribution >= 0.6 is 0 Å². The third-order valence-corrected chi connectivity index (χ3v) is 4.52. The van der Waals surface area contributed by atoms with Crippen LogP contribution in [0.4, 0.5) is 10.5 Å². The number of methoxy groups -OCH3 is 1. The molecule has 1 saturated heterocycles. The molecule has 8 heteroatoms. The van der Waals surface area contributed by atoms with Crippen LogP contribution < -0.4 is 10.2 Å². The molecule has 1 fully saturated rings. The number of piperazine rings is 1. The molecule has 1 N–H and O–H groups in total. The Hall–Kier alpha value is -2.61. The molecule has 1 atom stereocenters. The second kappa shape index (κ2) is 8.18. The summed E-state index contributed by atoms with van der Waals surface area (Å²) in [6.07, 6.45) is 0. The first kappa shape index (κ1) is 18.2. The van der Waals surface area contributed by atoms with Crippen LogP contribution in [-0.2, 0) is 17.9 Å². The summed E-state index contributed by atoms with van der Waals surface area (Å²) < 4.78 is 10.0. The number of aryl methyl sites for hydroxylation is 1. The molecule has 0 aliphatic carbocycles. The van der Waals surface area contributed by atoms with Crippen molar-refractivity contribution >= 4 is 11.7 Å². The summed E-state index contributed by atoms with van der Waals surface area (Å²) in [6.45, 7) is 6.95. The number of anilines is 1. The highest BCUT2D eigenvalue weighted by atomic mass is 16.5. The zero-order valence-electron chi connectivity index (χ0n) is 15.4. The number of benzene rings is 1. The van der Waals surface area contributed by atoms with Gasteiger partial charge in [0.05, 0.1) is 6.54 Å². The van der Waals surface area contributed by atoms with Crippen molar-refractivity contribution in [2.75, 3.05) is 31.6 Å². The normalized spacial score (nSPS) is 17.4. The van der Waals surface area contributed by atoms with E-state index < -0.39 is 0 Å². The van der Waals surface area contributed by atoms with Gasteiger partial charge < -0.3 is 24.4 Å². The molecule has 0 bridgehead atoms. The first-order chi connectivity index (χ1) is 12.6. The van der Waals surface area contributed by atoms with E-state index in [1.165, 1.54) is 11.3 Å². The van der Waals surface area contributed by atoms with Gasteiger partial charge >= 0.3 is 6.03 Å². The van der Waals surface area contributed by atoms with E-state index in [-0.39, 0.29) is 25.2 Å². The topological polar surface area (TPSA) is 83.7 Å². The Kier molecular flexibility index (Phi) is 5.72. The van der Waals surface area contributed by atoms with Gasteiger partial charge in [0.15, 0.2) is 5.82 Å². The molecule has 3 rings (SSSR count). The van der Waals surface area contributed by atoms with E-state index >= 15 is 0 Å². The summed E-state index contributed by atoms with van der Waals surface area (Å²) in [5.74, 6) is 0.841. The van der Waals surface area contributed by atoms with E-state index in [4.69, 9.17) is 9.26 Å². The van der Waals surface area contributed by atoms with Gasteiger partial charge in [-0.2, -0.15) is 4.98 Å². The second-order valence-corrected chi connectivity index (χ2v) is 6.47. The SMILES string of the molecule is COCc1noc(CNC(=O)N2CCN(c3ccccc3C)C[C@@H]2C)n1. The molecule has 8 nitrogen and oxygen atoms in total. The summed E-state index contributed by atoms with van der Waals surface area (Å²) in [5.41, 5.74) is 2.48. The fourth-order valence-corrected chi connectivity index (χ4v) is 3.20. The van der Waals surface area contributed by atoms with Crippen molar-refractivity contribution in [3.05, 3.63) is 41.5 Å². The quantitative estimate of drug-likeness (QED) is 0.878. The second-order valence-electron chi connectivity index (χ2n) is 6.47. The lowest BCUT2D eigenvalue weighted by Gasteiger charge is -2.41. The zero-order valence-corrected chi connectivity index (χ0v) is 15.4. The molecular weight excluding hydrogens is 334 g/mol. The number of para-hydroxylation sites is 1. The van der Waals surface area contributed by atoms with E-state index in [1.54, 1.807) is 7.11 Å². The number of aromatic nitrogens is 2. The van der Waals surface area contributed by atoms with E-state index in [2.05, 4.69) is 46.3 Å². The Labute approximate surface area is 153 Å². The highest BCUT2D eigenvalue weighted by Gasteiger charge is 2.28. The van der Waals surface area contributed by atoms with Crippen molar-refractivity contribution in [3.63, 3.8) is 0 Å². The highest BCUT2D eigenvalue weighted by molar-refractivity contribution is 5.75. The number of hydrogen-bond donors (Lipinski definition) is 1. The molecular formula is C18H25N5O3. The standard InChI is InChI=1S/C18H25N5O3/c1-13-6-4-5-7-15(13)22-8-9-23(14(2)11-22)18(24)19-10-17-20-16(12-25-3)21-26-17/h4-7,14H,8-12H2,1-3H3,(H,19,24)/t14-/m0/s1. The molecule has 0 radical (unpaired) electrons. The fourth-order valence-electron chi connectivity index (χ4n) is 3.20. The Balaban J connectivity index is 1.53. The number of ether oxygens (including phenoxy) is 1. The number of rotatable bonds is 5. The molecule has 2 aromatic rings. The van der Waals surface area contributed by atoms with Crippen molar-refractivity contribution in [2.45, 2.75) is 33.0 Å². The van der Waals surface area contributed by atoms with E-state index in [9.17, 15) is 4.79 Å². The van der Waals surface area contributed by atoms with Gasteiger partial charge in [0.25, 0.3) is 0 Å². The number of carbonyl (C=O) groups is 1. The molecule has 1 aromatic heterocycles. The molecule has 2 heterocycles. The number of carbonyl (C=O) groups excluding carboxylic acids is 1. The minimum absolute atomic E-state index is 0.107. The predicted molar refractivity (Wildman–Crippen MR) is 96.8 cm³/mol. The Bertz CT molecular complexity index is 748. The average Bonchev–Trinajstić information content (AvgIpc) is 3.08. The molecule has 0 saturated carbocycles. The first-order valence-electron chi connectivity index (χ1n) is 8.74. The maximum absolute atomic E-state index is 12.5. The molecule has 2 amide bonds. The van der Waals surface area contributed by atoms with Crippen LogP contribution in [0.5, 0.6) is 0 Å². The fraction of sp³-hybridized carbons (Fsp3) is 0.500. The van der Waals surface area contributed by atoms with Gasteiger partial charge in [0.1, 0.15) is 6.61 Å². The van der Waals surface area contributed by atoms with Crippen LogP contribution in [0.3, 0.4) is 0 Å². The van der Waals surface area contributed by atoms with Gasteiger partial charge in [-0.05, 0) is 25.5 Å². The van der Waals surface area contributed by atoms with E-state index in [1.807, 2.05) is 17.0 Å². The van der Waals surface area contributed by atoms with Crippen molar-refractivity contribution in [3.8, 4) is 0 Å². The lowest BCUT2D eigenvalue weighted by atomic mass is 10.1. The number of urea groups is 1. The molecule has 0 spiro atoms. The number of nitrogens with one attached hydrogen (secondary N) is 1. The zero-order chi connectivity index (χ0) is 18.5. The lowest BCUT2D eigenvalue weighted by molar-refractivity contribution is 0.169. The summed E-state index contributed by atoms with van der Waals surface area (Å²) in [4.78, 5) is 20.8. The average molecular weight is 359 g/mol. The van der Waals surface area contributed by atoms with Gasteiger partial charge in [-0.15, -0.1) is 0 Å². The minimum atomic E-state index is -0.117. The summed E-state index contributed by atoms with van der Waals surface area (Å²) in [5, 5.41) is 6.63. The first-order valence-corrected chi connectivity index (χ1v) is 8.74. The van der Waals surface area contributed by atoms with Crippen LogP contribution in [0.2, 0.25) is 0 Å². The summed E-state index contributed by atoms with van der Waals surface area (Å²) in [7, 11) is 1.57. The van der Waals surface area contributed by atoms with E-state index in [0.29, 0.717) is 18.3 Å². The number of amides is 2. The summed E-state index contributed by atoms with van der Waals surface area (Å²) in [6, 6.07) is 8.32. The Morgan fingerprint density at radius 2 is 2.19 bits per heavy atom. The van der Waals surface area contributed by atoms with Crippen LogP contribution in [0.1, 0.15) is 24.2 Å². The van der Waals surface area contributed by atoms with Gasteiger partial charge in [-0.3, -0.25) is 0 Å². The van der Waals surface area contributed by atoms with E-state index in [0.717, 1.165) is 13.1 Å². The Morgan fingerprint density at radius 1 is 1.38 bits per heavy atom. The monoisotopic (exact) mass is 359 g/mol. The largest absolute Gasteiger partial charge is 0.377 e. The van der Waals surface area contributed by atoms with Gasteiger partial charge in [-0.25, -0.2) is 4.79 Å². The highest BCUT2D eigenvalue weighted by Crippen LogP contribution is 2.22. The van der Waals surface area contributed by atoms with Gasteiger partial charge in [-0.1, -0.05) is 23.4 Å². The molecule has 26 heavy (non-hydrogen) atoms.